The number of fused-ring (bicyclic) bond motifs is 2. The second kappa shape index (κ2) is 6.73. The molecule has 1 aromatic carbocycles. The van der Waals surface area contributed by atoms with E-state index in [1.54, 1.807) is 17.4 Å². The van der Waals surface area contributed by atoms with E-state index < -0.39 is 0 Å². The summed E-state index contributed by atoms with van der Waals surface area (Å²) in [6, 6.07) is 4.69. The molecule has 140 valence electrons. The van der Waals surface area contributed by atoms with Crippen LogP contribution in [0.15, 0.2) is 35.1 Å². The fourth-order valence-electron chi connectivity index (χ4n) is 4.15. The minimum absolute atomic E-state index is 0.282. The number of halogens is 1. The van der Waals surface area contributed by atoms with Crippen molar-refractivity contribution >= 4 is 27.3 Å². The number of thiazole rings is 1. The molecule has 4 heterocycles. The van der Waals surface area contributed by atoms with Crippen molar-refractivity contribution in [3.05, 3.63) is 52.7 Å². The van der Waals surface area contributed by atoms with Crippen LogP contribution in [0.1, 0.15) is 35.0 Å². The lowest BCUT2D eigenvalue weighted by Gasteiger charge is -2.31. The molecule has 1 saturated heterocycles. The zero-order valence-electron chi connectivity index (χ0n) is 15.2. The first-order chi connectivity index (χ1) is 13.2. The summed E-state index contributed by atoms with van der Waals surface area (Å²) in [5.74, 6) is 0.104. The van der Waals surface area contributed by atoms with Crippen LogP contribution in [0.4, 0.5) is 4.39 Å². The predicted molar refractivity (Wildman–Crippen MR) is 104 cm³/mol. The van der Waals surface area contributed by atoms with E-state index in [1.165, 1.54) is 22.7 Å². The highest BCUT2D eigenvalue weighted by atomic mass is 32.1. The average Bonchev–Trinajstić information content (AvgIpc) is 3.35. The van der Waals surface area contributed by atoms with Crippen LogP contribution >= 0.6 is 11.3 Å². The van der Waals surface area contributed by atoms with E-state index in [2.05, 4.69) is 32.6 Å². The molecular formula is C20H21FN4OS. The normalized spacial score (nSPS) is 16.7. The number of hydrogen-bond acceptors (Lipinski definition) is 5. The van der Waals surface area contributed by atoms with E-state index >= 15 is 0 Å². The highest BCUT2D eigenvalue weighted by Crippen LogP contribution is 2.33. The molecule has 1 aliphatic heterocycles. The minimum atomic E-state index is -0.282. The first kappa shape index (κ1) is 16.9. The topological polar surface area (TPSA) is 46.6 Å². The molecule has 5 nitrogen and oxygen atoms in total. The zero-order valence-corrected chi connectivity index (χ0v) is 16.0. The van der Waals surface area contributed by atoms with E-state index in [4.69, 9.17) is 4.52 Å². The van der Waals surface area contributed by atoms with Gasteiger partial charge in [0.15, 0.2) is 10.5 Å². The largest absolute Gasteiger partial charge is 0.356 e. The smallest absolute Gasteiger partial charge is 0.194 e. The Kier molecular flexibility index (Phi) is 4.21. The van der Waals surface area contributed by atoms with Crippen LogP contribution in [0.2, 0.25) is 0 Å². The van der Waals surface area contributed by atoms with Gasteiger partial charge in [-0.3, -0.25) is 4.40 Å². The van der Waals surface area contributed by atoms with Crippen molar-refractivity contribution in [3.8, 4) is 0 Å². The SMILES string of the molecule is Cc1sc2nccn2c1CCN1CCC(c2noc3cc(F)ccc23)CC1. The number of piperidine rings is 1. The summed E-state index contributed by atoms with van der Waals surface area (Å²) in [5.41, 5.74) is 2.90. The van der Waals surface area contributed by atoms with Crippen molar-refractivity contribution in [2.75, 3.05) is 19.6 Å². The van der Waals surface area contributed by atoms with E-state index in [1.807, 2.05) is 6.20 Å². The number of likely N-dealkylation sites (tertiary alicyclic amines) is 1. The molecule has 0 radical (unpaired) electrons. The molecule has 7 heteroatoms. The summed E-state index contributed by atoms with van der Waals surface area (Å²) < 4.78 is 20.9. The van der Waals surface area contributed by atoms with Crippen molar-refractivity contribution in [2.24, 2.45) is 0 Å². The Bertz CT molecular complexity index is 1090. The lowest BCUT2D eigenvalue weighted by molar-refractivity contribution is 0.211. The van der Waals surface area contributed by atoms with Crippen LogP contribution in [-0.4, -0.2) is 39.1 Å². The van der Waals surface area contributed by atoms with Gasteiger partial charge >= 0.3 is 0 Å². The molecule has 0 atom stereocenters. The average molecular weight is 384 g/mol. The molecule has 5 rings (SSSR count). The lowest BCUT2D eigenvalue weighted by Crippen LogP contribution is -2.34. The molecule has 1 fully saturated rings. The molecule has 0 unspecified atom stereocenters. The molecule has 0 saturated carbocycles. The predicted octanol–water partition coefficient (Wildman–Crippen LogP) is 4.41. The lowest BCUT2D eigenvalue weighted by atomic mass is 9.91. The standard InChI is InChI=1S/C20H21FN4OS/c1-13-17(25-11-7-22-20(25)27-13)6-10-24-8-4-14(5-9-24)19-16-3-2-15(21)12-18(16)26-23-19/h2-3,7,11-12,14H,4-6,8-10H2,1H3. The zero-order chi connectivity index (χ0) is 18.4. The molecule has 0 amide bonds. The van der Waals surface area contributed by atoms with E-state index in [0.29, 0.717) is 11.5 Å². The second-order valence-corrected chi connectivity index (χ2v) is 8.44. The highest BCUT2D eigenvalue weighted by molar-refractivity contribution is 7.17. The maximum Gasteiger partial charge on any atom is 0.194 e. The summed E-state index contributed by atoms with van der Waals surface area (Å²) in [7, 11) is 0. The van der Waals surface area contributed by atoms with Gasteiger partial charge in [0, 0.05) is 53.3 Å². The Labute approximate surface area is 160 Å². The van der Waals surface area contributed by atoms with Gasteiger partial charge in [-0.2, -0.15) is 0 Å². The maximum absolute atomic E-state index is 13.3. The maximum atomic E-state index is 13.3. The number of rotatable bonds is 4. The van der Waals surface area contributed by atoms with Crippen molar-refractivity contribution in [3.63, 3.8) is 0 Å². The summed E-state index contributed by atoms with van der Waals surface area (Å²) >= 11 is 1.76. The van der Waals surface area contributed by atoms with E-state index in [9.17, 15) is 4.39 Å². The van der Waals surface area contributed by atoms with Gasteiger partial charge in [0.25, 0.3) is 0 Å². The number of nitrogens with zero attached hydrogens (tertiary/aromatic N) is 4. The highest BCUT2D eigenvalue weighted by Gasteiger charge is 2.25. The Morgan fingerprint density at radius 3 is 3.00 bits per heavy atom. The molecule has 0 bridgehead atoms. The summed E-state index contributed by atoms with van der Waals surface area (Å²) in [4.78, 5) is 9.35. The van der Waals surface area contributed by atoms with Crippen LogP contribution in [-0.2, 0) is 6.42 Å². The van der Waals surface area contributed by atoms with Gasteiger partial charge in [-0.1, -0.05) is 5.16 Å². The number of imidazole rings is 1. The van der Waals surface area contributed by atoms with Gasteiger partial charge in [0.2, 0.25) is 0 Å². The van der Waals surface area contributed by atoms with Crippen molar-refractivity contribution in [2.45, 2.75) is 32.1 Å². The summed E-state index contributed by atoms with van der Waals surface area (Å²) in [6.45, 7) is 5.34. The Hall–Kier alpha value is -2.25. The Morgan fingerprint density at radius 2 is 2.15 bits per heavy atom. The first-order valence-corrected chi connectivity index (χ1v) is 10.2. The molecule has 0 spiro atoms. The number of aryl methyl sites for hydroxylation is 1. The number of aromatic nitrogens is 3. The Balaban J connectivity index is 1.23. The van der Waals surface area contributed by atoms with Crippen LogP contribution in [0.5, 0.6) is 0 Å². The van der Waals surface area contributed by atoms with Gasteiger partial charge < -0.3 is 9.42 Å². The van der Waals surface area contributed by atoms with E-state index in [-0.39, 0.29) is 5.82 Å². The van der Waals surface area contributed by atoms with Crippen LogP contribution in [0.25, 0.3) is 15.9 Å². The van der Waals surface area contributed by atoms with Crippen molar-refractivity contribution < 1.29 is 8.91 Å². The van der Waals surface area contributed by atoms with Gasteiger partial charge in [0.05, 0.1) is 5.69 Å². The first-order valence-electron chi connectivity index (χ1n) is 9.37. The van der Waals surface area contributed by atoms with Crippen molar-refractivity contribution in [1.29, 1.82) is 0 Å². The third-order valence-electron chi connectivity index (χ3n) is 5.65. The number of benzene rings is 1. The summed E-state index contributed by atoms with van der Waals surface area (Å²) in [6.07, 6.45) is 7.08. The van der Waals surface area contributed by atoms with Gasteiger partial charge in [-0.25, -0.2) is 9.37 Å². The third kappa shape index (κ3) is 3.04. The molecular weight excluding hydrogens is 363 g/mol. The number of hydrogen-bond donors (Lipinski definition) is 0. The van der Waals surface area contributed by atoms with Crippen LogP contribution in [0.3, 0.4) is 0 Å². The molecule has 3 aromatic heterocycles. The summed E-state index contributed by atoms with van der Waals surface area (Å²) in [5, 5.41) is 5.19. The van der Waals surface area contributed by atoms with Gasteiger partial charge in [-0.15, -0.1) is 11.3 Å². The Morgan fingerprint density at radius 1 is 1.30 bits per heavy atom. The molecule has 4 aromatic rings. The van der Waals surface area contributed by atoms with Crippen LogP contribution < -0.4 is 0 Å². The second-order valence-electron chi connectivity index (χ2n) is 7.26. The minimum Gasteiger partial charge on any atom is -0.356 e. The molecule has 1 aliphatic rings. The van der Waals surface area contributed by atoms with Crippen LogP contribution in [0, 0.1) is 12.7 Å². The fraction of sp³-hybridized carbons (Fsp3) is 0.400. The molecule has 0 aliphatic carbocycles. The molecule has 27 heavy (non-hydrogen) atoms. The third-order valence-corrected chi connectivity index (χ3v) is 6.68. The van der Waals surface area contributed by atoms with Gasteiger partial charge in [0.1, 0.15) is 5.82 Å². The quantitative estimate of drug-likeness (QED) is 0.523. The van der Waals surface area contributed by atoms with Gasteiger partial charge in [-0.05, 0) is 45.0 Å². The van der Waals surface area contributed by atoms with E-state index in [0.717, 1.165) is 54.9 Å². The fourth-order valence-corrected chi connectivity index (χ4v) is 5.13. The van der Waals surface area contributed by atoms with Crippen molar-refractivity contribution in [1.82, 2.24) is 19.4 Å². The monoisotopic (exact) mass is 384 g/mol. The molecule has 0 N–H and O–H groups in total.